The van der Waals surface area contributed by atoms with Gasteiger partial charge in [0, 0.05) is 10.9 Å². The van der Waals surface area contributed by atoms with E-state index in [9.17, 15) is 5.11 Å². The maximum absolute atomic E-state index is 10.1. The quantitative estimate of drug-likeness (QED) is 0.923. The third kappa shape index (κ3) is 3.49. The Labute approximate surface area is 106 Å². The Balaban J connectivity index is 2.88. The first kappa shape index (κ1) is 13.5. The maximum Gasteiger partial charge on any atom is 0.119 e. The predicted octanol–water partition coefficient (Wildman–Crippen LogP) is 3.41. The van der Waals surface area contributed by atoms with Crippen molar-refractivity contribution in [1.29, 1.82) is 0 Å². The summed E-state index contributed by atoms with van der Waals surface area (Å²) in [6, 6.07) is 5.81. The minimum atomic E-state index is -0.365. The molecule has 0 aliphatic heterocycles. The Kier molecular flexibility index (Phi) is 4.39. The molecule has 0 aromatic heterocycles. The van der Waals surface area contributed by atoms with Gasteiger partial charge >= 0.3 is 0 Å². The Morgan fingerprint density at radius 1 is 1.38 bits per heavy atom. The molecule has 0 bridgehead atoms. The molecule has 16 heavy (non-hydrogen) atoms. The molecule has 1 atom stereocenters. The summed E-state index contributed by atoms with van der Waals surface area (Å²) < 4.78 is 6.19. The van der Waals surface area contributed by atoms with E-state index in [-0.39, 0.29) is 11.5 Å². The van der Waals surface area contributed by atoms with Crippen LogP contribution in [0.1, 0.15) is 26.3 Å². The molecule has 0 radical (unpaired) electrons. The molecule has 0 heterocycles. The smallest absolute Gasteiger partial charge is 0.119 e. The topological polar surface area (TPSA) is 29.5 Å². The van der Waals surface area contributed by atoms with E-state index in [4.69, 9.17) is 4.74 Å². The summed E-state index contributed by atoms with van der Waals surface area (Å²) in [4.78, 5) is 0. The summed E-state index contributed by atoms with van der Waals surface area (Å²) in [5.41, 5.74) is 0.962. The molecule has 90 valence electrons. The molecule has 1 aromatic rings. The number of rotatable bonds is 3. The fourth-order valence-corrected chi connectivity index (χ4v) is 1.76. The second-order valence-electron chi connectivity index (χ2n) is 5.04. The van der Waals surface area contributed by atoms with Crippen molar-refractivity contribution < 1.29 is 9.84 Å². The van der Waals surface area contributed by atoms with E-state index >= 15 is 0 Å². The number of halogens is 1. The van der Waals surface area contributed by atoms with Crippen LogP contribution < -0.4 is 4.74 Å². The normalized spacial score (nSPS) is 13.6. The second kappa shape index (κ2) is 5.19. The fourth-order valence-electron chi connectivity index (χ4n) is 1.35. The van der Waals surface area contributed by atoms with Gasteiger partial charge in [-0.2, -0.15) is 0 Å². The molecule has 1 aromatic carbocycles. The minimum absolute atomic E-state index is 0.109. The molecular weight excluding hydrogens is 268 g/mol. The highest BCUT2D eigenvalue weighted by atomic mass is 79.9. The molecule has 0 amide bonds. The van der Waals surface area contributed by atoms with E-state index in [1.165, 1.54) is 0 Å². The molecule has 0 aliphatic rings. The van der Waals surface area contributed by atoms with Crippen molar-refractivity contribution >= 4 is 15.9 Å². The molecule has 0 spiro atoms. The van der Waals surface area contributed by atoms with E-state index in [2.05, 4.69) is 15.9 Å². The van der Waals surface area contributed by atoms with Crippen molar-refractivity contribution in [3.63, 3.8) is 0 Å². The largest absolute Gasteiger partial charge is 0.497 e. The summed E-state index contributed by atoms with van der Waals surface area (Å²) >= 11 is 3.49. The van der Waals surface area contributed by atoms with Crippen LogP contribution >= 0.6 is 15.9 Å². The average molecular weight is 287 g/mol. The third-order valence-corrected chi connectivity index (χ3v) is 3.44. The van der Waals surface area contributed by atoms with Gasteiger partial charge in [-0.3, -0.25) is 0 Å². The molecule has 1 unspecified atom stereocenters. The van der Waals surface area contributed by atoms with E-state index in [0.29, 0.717) is 6.42 Å². The lowest BCUT2D eigenvalue weighted by atomic mass is 9.85. The van der Waals surface area contributed by atoms with Gasteiger partial charge in [-0.05, 0) is 29.2 Å². The van der Waals surface area contributed by atoms with Crippen molar-refractivity contribution in [3.05, 3.63) is 28.2 Å². The van der Waals surface area contributed by atoms with Crippen LogP contribution in [0.4, 0.5) is 0 Å². The SMILES string of the molecule is COc1ccc(Br)c(CC(O)C(C)(C)C)c1. The zero-order valence-corrected chi connectivity index (χ0v) is 11.8. The van der Waals surface area contributed by atoms with Gasteiger partial charge in [0.05, 0.1) is 13.2 Å². The second-order valence-corrected chi connectivity index (χ2v) is 5.90. The predicted molar refractivity (Wildman–Crippen MR) is 69.9 cm³/mol. The summed E-state index contributed by atoms with van der Waals surface area (Å²) in [5, 5.41) is 10.1. The van der Waals surface area contributed by atoms with Crippen LogP contribution in [0.3, 0.4) is 0 Å². The van der Waals surface area contributed by atoms with Gasteiger partial charge in [-0.1, -0.05) is 36.7 Å². The standard InChI is InChI=1S/C13H19BrO2/c1-13(2,3)12(15)8-9-7-10(16-4)5-6-11(9)14/h5-7,12,15H,8H2,1-4H3. The van der Waals surface area contributed by atoms with Crippen LogP contribution in [0.25, 0.3) is 0 Å². The number of methoxy groups -OCH3 is 1. The van der Waals surface area contributed by atoms with Crippen LogP contribution in [-0.4, -0.2) is 18.3 Å². The van der Waals surface area contributed by atoms with Gasteiger partial charge in [-0.25, -0.2) is 0 Å². The van der Waals surface area contributed by atoms with E-state index in [1.54, 1.807) is 7.11 Å². The van der Waals surface area contributed by atoms with E-state index in [1.807, 2.05) is 39.0 Å². The summed E-state index contributed by atoms with van der Waals surface area (Å²) in [7, 11) is 1.65. The Bertz CT molecular complexity index is 355. The van der Waals surface area contributed by atoms with Crippen molar-refractivity contribution in [1.82, 2.24) is 0 Å². The first-order valence-corrected chi connectivity index (χ1v) is 6.14. The van der Waals surface area contributed by atoms with Gasteiger partial charge in [0.15, 0.2) is 0 Å². The number of benzene rings is 1. The first-order chi connectivity index (χ1) is 7.34. The van der Waals surface area contributed by atoms with Crippen LogP contribution in [0.15, 0.2) is 22.7 Å². The summed E-state index contributed by atoms with van der Waals surface area (Å²) in [6.07, 6.45) is 0.261. The Morgan fingerprint density at radius 3 is 2.50 bits per heavy atom. The number of hydrogen-bond acceptors (Lipinski definition) is 2. The van der Waals surface area contributed by atoms with Crippen molar-refractivity contribution in [2.75, 3.05) is 7.11 Å². The number of aliphatic hydroxyl groups is 1. The van der Waals surface area contributed by atoms with Crippen molar-refractivity contribution in [3.8, 4) is 5.75 Å². The lowest BCUT2D eigenvalue weighted by Gasteiger charge is -2.26. The van der Waals surface area contributed by atoms with Gasteiger partial charge in [-0.15, -0.1) is 0 Å². The lowest BCUT2D eigenvalue weighted by molar-refractivity contribution is 0.0634. The van der Waals surface area contributed by atoms with Gasteiger partial charge < -0.3 is 9.84 Å². The number of hydrogen-bond donors (Lipinski definition) is 1. The average Bonchev–Trinajstić information content (AvgIpc) is 2.19. The first-order valence-electron chi connectivity index (χ1n) is 5.35. The lowest BCUT2D eigenvalue weighted by Crippen LogP contribution is -2.28. The molecule has 0 saturated carbocycles. The fraction of sp³-hybridized carbons (Fsp3) is 0.538. The van der Waals surface area contributed by atoms with Crippen LogP contribution in [-0.2, 0) is 6.42 Å². The molecular formula is C13H19BrO2. The molecule has 1 rings (SSSR count). The van der Waals surface area contributed by atoms with Crippen molar-refractivity contribution in [2.24, 2.45) is 5.41 Å². The van der Waals surface area contributed by atoms with Crippen LogP contribution in [0.5, 0.6) is 5.75 Å². The van der Waals surface area contributed by atoms with Gasteiger partial charge in [0.2, 0.25) is 0 Å². The van der Waals surface area contributed by atoms with E-state index in [0.717, 1.165) is 15.8 Å². The summed E-state index contributed by atoms with van der Waals surface area (Å²) in [6.45, 7) is 6.10. The Morgan fingerprint density at radius 2 is 2.00 bits per heavy atom. The molecule has 0 saturated heterocycles. The summed E-state index contributed by atoms with van der Waals surface area (Å²) in [5.74, 6) is 0.819. The van der Waals surface area contributed by atoms with Crippen LogP contribution in [0, 0.1) is 5.41 Å². The number of aliphatic hydroxyl groups excluding tert-OH is 1. The van der Waals surface area contributed by atoms with Crippen molar-refractivity contribution in [2.45, 2.75) is 33.3 Å². The maximum atomic E-state index is 10.1. The zero-order valence-electron chi connectivity index (χ0n) is 10.2. The van der Waals surface area contributed by atoms with Gasteiger partial charge in [0.1, 0.15) is 5.75 Å². The highest BCUT2D eigenvalue weighted by Crippen LogP contribution is 2.28. The Hall–Kier alpha value is -0.540. The highest BCUT2D eigenvalue weighted by molar-refractivity contribution is 9.10. The third-order valence-electron chi connectivity index (χ3n) is 2.67. The molecule has 3 heteroatoms. The molecule has 0 fully saturated rings. The minimum Gasteiger partial charge on any atom is -0.497 e. The molecule has 1 N–H and O–H groups in total. The van der Waals surface area contributed by atoms with E-state index < -0.39 is 0 Å². The highest BCUT2D eigenvalue weighted by Gasteiger charge is 2.23. The monoisotopic (exact) mass is 286 g/mol. The zero-order chi connectivity index (χ0) is 12.3. The van der Waals surface area contributed by atoms with Gasteiger partial charge in [0.25, 0.3) is 0 Å². The molecule has 0 aliphatic carbocycles. The molecule has 2 nitrogen and oxygen atoms in total. The van der Waals surface area contributed by atoms with Crippen LogP contribution in [0.2, 0.25) is 0 Å². The number of ether oxygens (including phenoxy) is 1.